The maximum atomic E-state index is 13.2. The van der Waals surface area contributed by atoms with Crippen LogP contribution in [-0.2, 0) is 9.59 Å². The van der Waals surface area contributed by atoms with Gasteiger partial charge in [0, 0.05) is 39.8 Å². The Morgan fingerprint density at radius 2 is 1.74 bits per heavy atom. The van der Waals surface area contributed by atoms with Gasteiger partial charge in [-0.25, -0.2) is 4.39 Å². The molecular weight excluding hydrogens is 299 g/mol. The molecule has 0 aromatic heterocycles. The molecule has 0 unspecified atom stereocenters. The quantitative estimate of drug-likeness (QED) is 0.765. The fourth-order valence-electron chi connectivity index (χ4n) is 2.66. The summed E-state index contributed by atoms with van der Waals surface area (Å²) in [4.78, 5) is 27.5. The Balaban J connectivity index is 2.09. The highest BCUT2D eigenvalue weighted by Gasteiger charge is 2.25. The maximum absolute atomic E-state index is 13.2. The van der Waals surface area contributed by atoms with E-state index < -0.39 is 11.8 Å². The molecule has 2 rings (SSSR count). The molecule has 1 fully saturated rings. The SMILES string of the molecule is CNC(=O)C(=O)NC[C@@H](c1ccc(F)cc1)N1CCN(C)CC1. The molecule has 1 aromatic rings. The lowest BCUT2D eigenvalue weighted by Gasteiger charge is -2.38. The third-order valence-electron chi connectivity index (χ3n) is 4.12. The molecule has 126 valence electrons. The number of carbonyl (C=O) groups excluding carboxylic acids is 2. The molecule has 2 N–H and O–H groups in total. The van der Waals surface area contributed by atoms with Gasteiger partial charge in [0.2, 0.25) is 0 Å². The van der Waals surface area contributed by atoms with Crippen molar-refractivity contribution in [1.29, 1.82) is 0 Å². The van der Waals surface area contributed by atoms with E-state index in [1.807, 2.05) is 0 Å². The number of rotatable bonds is 4. The number of likely N-dealkylation sites (N-methyl/N-ethyl adjacent to an activating group) is 2. The first kappa shape index (κ1) is 17.4. The molecular formula is C16H23FN4O2. The van der Waals surface area contributed by atoms with E-state index in [1.165, 1.54) is 19.2 Å². The van der Waals surface area contributed by atoms with Crippen LogP contribution in [0.3, 0.4) is 0 Å². The number of nitrogens with one attached hydrogen (secondary N) is 2. The van der Waals surface area contributed by atoms with E-state index in [4.69, 9.17) is 0 Å². The van der Waals surface area contributed by atoms with E-state index in [2.05, 4.69) is 27.5 Å². The van der Waals surface area contributed by atoms with Crippen LogP contribution in [-0.4, -0.2) is 68.4 Å². The Kier molecular flexibility index (Phi) is 6.06. The Labute approximate surface area is 135 Å². The van der Waals surface area contributed by atoms with E-state index in [-0.39, 0.29) is 11.9 Å². The van der Waals surface area contributed by atoms with Crippen molar-refractivity contribution in [3.63, 3.8) is 0 Å². The fourth-order valence-corrected chi connectivity index (χ4v) is 2.66. The summed E-state index contributed by atoms with van der Waals surface area (Å²) in [6, 6.07) is 6.20. The Morgan fingerprint density at radius 3 is 2.30 bits per heavy atom. The van der Waals surface area contributed by atoms with Crippen molar-refractivity contribution in [2.75, 3.05) is 46.8 Å². The highest BCUT2D eigenvalue weighted by atomic mass is 19.1. The number of nitrogens with zero attached hydrogens (tertiary/aromatic N) is 2. The first-order chi connectivity index (χ1) is 11.0. The Hall–Kier alpha value is -1.99. The minimum Gasteiger partial charge on any atom is -0.351 e. The lowest BCUT2D eigenvalue weighted by molar-refractivity contribution is -0.139. The van der Waals surface area contributed by atoms with Gasteiger partial charge in [0.1, 0.15) is 5.82 Å². The summed E-state index contributed by atoms with van der Waals surface area (Å²) >= 11 is 0. The second kappa shape index (κ2) is 8.03. The summed E-state index contributed by atoms with van der Waals surface area (Å²) in [5.74, 6) is -1.62. The molecule has 2 amide bonds. The first-order valence-electron chi connectivity index (χ1n) is 7.69. The zero-order valence-corrected chi connectivity index (χ0v) is 13.5. The van der Waals surface area contributed by atoms with Crippen molar-refractivity contribution < 1.29 is 14.0 Å². The van der Waals surface area contributed by atoms with Crippen LogP contribution in [0.5, 0.6) is 0 Å². The van der Waals surface area contributed by atoms with Crippen molar-refractivity contribution in [2.24, 2.45) is 0 Å². The van der Waals surface area contributed by atoms with Gasteiger partial charge in [-0.2, -0.15) is 0 Å². The third-order valence-corrected chi connectivity index (χ3v) is 4.12. The summed E-state index contributed by atoms with van der Waals surface area (Å²) in [5, 5.41) is 4.96. The van der Waals surface area contributed by atoms with Crippen molar-refractivity contribution in [3.8, 4) is 0 Å². The van der Waals surface area contributed by atoms with Crippen molar-refractivity contribution in [3.05, 3.63) is 35.6 Å². The second-order valence-electron chi connectivity index (χ2n) is 5.70. The van der Waals surface area contributed by atoms with Crippen LogP contribution in [0.15, 0.2) is 24.3 Å². The van der Waals surface area contributed by atoms with E-state index in [0.717, 1.165) is 31.7 Å². The molecule has 6 nitrogen and oxygen atoms in total. The van der Waals surface area contributed by atoms with Crippen LogP contribution in [0, 0.1) is 5.82 Å². The lowest BCUT2D eigenvalue weighted by atomic mass is 10.0. The molecule has 1 aromatic carbocycles. The lowest BCUT2D eigenvalue weighted by Crippen LogP contribution is -2.49. The van der Waals surface area contributed by atoms with Gasteiger partial charge < -0.3 is 15.5 Å². The summed E-state index contributed by atoms with van der Waals surface area (Å²) < 4.78 is 13.2. The average molecular weight is 322 g/mol. The molecule has 7 heteroatoms. The first-order valence-corrected chi connectivity index (χ1v) is 7.69. The van der Waals surface area contributed by atoms with Gasteiger partial charge in [-0.1, -0.05) is 12.1 Å². The molecule has 1 saturated heterocycles. The third kappa shape index (κ3) is 4.74. The van der Waals surface area contributed by atoms with E-state index >= 15 is 0 Å². The van der Waals surface area contributed by atoms with Crippen molar-refractivity contribution in [1.82, 2.24) is 20.4 Å². The van der Waals surface area contributed by atoms with Crippen LogP contribution < -0.4 is 10.6 Å². The molecule has 23 heavy (non-hydrogen) atoms. The van der Waals surface area contributed by atoms with Crippen LogP contribution in [0.4, 0.5) is 4.39 Å². The minimum absolute atomic E-state index is 0.0853. The number of hydrogen-bond donors (Lipinski definition) is 2. The molecule has 1 heterocycles. The molecule has 0 saturated carbocycles. The summed E-state index contributed by atoms with van der Waals surface area (Å²) in [6.07, 6.45) is 0. The topological polar surface area (TPSA) is 64.7 Å². The van der Waals surface area contributed by atoms with Gasteiger partial charge in [0.15, 0.2) is 0 Å². The van der Waals surface area contributed by atoms with Gasteiger partial charge in [-0.3, -0.25) is 14.5 Å². The number of amides is 2. The average Bonchev–Trinajstić information content (AvgIpc) is 2.57. The van der Waals surface area contributed by atoms with Crippen LogP contribution in [0.2, 0.25) is 0 Å². The predicted octanol–water partition coefficient (Wildman–Crippen LogP) is -0.0236. The van der Waals surface area contributed by atoms with Crippen LogP contribution >= 0.6 is 0 Å². The monoisotopic (exact) mass is 322 g/mol. The van der Waals surface area contributed by atoms with E-state index in [0.29, 0.717) is 6.54 Å². The minimum atomic E-state index is -0.666. The Morgan fingerprint density at radius 1 is 1.13 bits per heavy atom. The van der Waals surface area contributed by atoms with E-state index in [1.54, 1.807) is 12.1 Å². The molecule has 0 aliphatic carbocycles. The highest BCUT2D eigenvalue weighted by Crippen LogP contribution is 2.21. The number of halogens is 1. The molecule has 0 spiro atoms. The zero-order valence-electron chi connectivity index (χ0n) is 13.5. The summed E-state index contributed by atoms with van der Waals surface area (Å²) in [5.41, 5.74) is 0.924. The van der Waals surface area contributed by atoms with Gasteiger partial charge in [-0.15, -0.1) is 0 Å². The molecule has 1 atom stereocenters. The molecule has 0 radical (unpaired) electrons. The van der Waals surface area contributed by atoms with Crippen molar-refractivity contribution >= 4 is 11.8 Å². The number of carbonyl (C=O) groups is 2. The maximum Gasteiger partial charge on any atom is 0.309 e. The van der Waals surface area contributed by atoms with Crippen LogP contribution in [0.1, 0.15) is 11.6 Å². The van der Waals surface area contributed by atoms with Gasteiger partial charge in [0.25, 0.3) is 0 Å². The smallest absolute Gasteiger partial charge is 0.309 e. The molecule has 1 aliphatic heterocycles. The predicted molar refractivity (Wildman–Crippen MR) is 85.3 cm³/mol. The normalized spacial score (nSPS) is 17.5. The highest BCUT2D eigenvalue weighted by molar-refractivity contribution is 6.35. The molecule has 1 aliphatic rings. The number of benzene rings is 1. The van der Waals surface area contributed by atoms with Crippen molar-refractivity contribution in [2.45, 2.75) is 6.04 Å². The van der Waals surface area contributed by atoms with Gasteiger partial charge in [0.05, 0.1) is 6.04 Å². The standard InChI is InChI=1S/C16H23FN4O2/c1-18-15(22)16(23)19-11-14(12-3-5-13(17)6-4-12)21-9-7-20(2)8-10-21/h3-6,14H,7-11H2,1-2H3,(H,18,22)(H,19,23)/t14-/m0/s1. The fraction of sp³-hybridized carbons (Fsp3) is 0.500. The number of hydrogen-bond acceptors (Lipinski definition) is 4. The van der Waals surface area contributed by atoms with Gasteiger partial charge >= 0.3 is 11.8 Å². The largest absolute Gasteiger partial charge is 0.351 e. The number of piperazine rings is 1. The summed E-state index contributed by atoms with van der Waals surface area (Å²) in [6.45, 7) is 3.88. The Bertz CT molecular complexity index is 542. The van der Waals surface area contributed by atoms with E-state index in [9.17, 15) is 14.0 Å². The van der Waals surface area contributed by atoms with Crippen LogP contribution in [0.25, 0.3) is 0 Å². The molecule has 0 bridgehead atoms. The summed E-state index contributed by atoms with van der Waals surface area (Å²) in [7, 11) is 3.48. The second-order valence-corrected chi connectivity index (χ2v) is 5.70. The zero-order chi connectivity index (χ0) is 16.8. The van der Waals surface area contributed by atoms with Gasteiger partial charge in [-0.05, 0) is 24.7 Å².